The van der Waals surface area contributed by atoms with Crippen LogP contribution in [0.5, 0.6) is 0 Å². The monoisotopic (exact) mass is 383 g/mol. The van der Waals surface area contributed by atoms with Gasteiger partial charge in [-0.1, -0.05) is 28.1 Å². The Morgan fingerprint density at radius 2 is 1.96 bits per heavy atom. The topological polar surface area (TPSA) is 93.5 Å². The number of amides is 2. The summed E-state index contributed by atoms with van der Waals surface area (Å²) in [7, 11) is 0. The van der Waals surface area contributed by atoms with Gasteiger partial charge >= 0.3 is 0 Å². The molecule has 2 amide bonds. The van der Waals surface area contributed by atoms with Gasteiger partial charge in [-0.3, -0.25) is 9.59 Å². The van der Waals surface area contributed by atoms with Crippen LogP contribution in [0.3, 0.4) is 0 Å². The molecule has 0 aromatic heterocycles. The number of hydrogen-bond donors (Lipinski definition) is 3. The molecule has 1 aromatic rings. The molecule has 1 saturated heterocycles. The number of benzene rings is 1. The first-order chi connectivity index (χ1) is 11.1. The molecule has 126 valence electrons. The highest BCUT2D eigenvalue weighted by Crippen LogP contribution is 2.35. The molecular formula is C16H22BrN3O3. The molecule has 0 radical (unpaired) electrons. The van der Waals surface area contributed by atoms with Crippen molar-refractivity contribution in [2.45, 2.75) is 18.3 Å². The smallest absolute Gasteiger partial charge is 0.239 e. The van der Waals surface area contributed by atoms with Crippen LogP contribution in [0.25, 0.3) is 0 Å². The lowest BCUT2D eigenvalue weighted by Crippen LogP contribution is -2.47. The zero-order valence-corrected chi connectivity index (χ0v) is 14.5. The number of nitrogens with one attached hydrogen (secondary N) is 2. The summed E-state index contributed by atoms with van der Waals surface area (Å²) in [5.41, 5.74) is 6.24. The highest BCUT2D eigenvalue weighted by Gasteiger charge is 2.34. The van der Waals surface area contributed by atoms with Crippen LogP contribution >= 0.6 is 15.9 Å². The summed E-state index contributed by atoms with van der Waals surface area (Å²) in [6.07, 6.45) is 1.69. The number of carbonyl (C=O) groups excluding carboxylic acids is 2. The summed E-state index contributed by atoms with van der Waals surface area (Å²) < 4.78 is 6.50. The third kappa shape index (κ3) is 5.02. The van der Waals surface area contributed by atoms with Gasteiger partial charge in [-0.2, -0.15) is 0 Å². The molecule has 0 bridgehead atoms. The van der Waals surface area contributed by atoms with Gasteiger partial charge in [-0.25, -0.2) is 0 Å². The summed E-state index contributed by atoms with van der Waals surface area (Å²) in [6.45, 7) is 1.69. The molecule has 7 heteroatoms. The van der Waals surface area contributed by atoms with E-state index in [0.717, 1.165) is 17.3 Å². The number of hydrogen-bond acceptors (Lipinski definition) is 4. The Morgan fingerprint density at radius 3 is 2.61 bits per heavy atom. The Hall–Kier alpha value is -1.44. The van der Waals surface area contributed by atoms with Crippen LogP contribution in [-0.2, 0) is 19.7 Å². The van der Waals surface area contributed by atoms with Crippen molar-refractivity contribution in [3.63, 3.8) is 0 Å². The van der Waals surface area contributed by atoms with E-state index in [9.17, 15) is 9.59 Å². The quantitative estimate of drug-likeness (QED) is 0.673. The van der Waals surface area contributed by atoms with Crippen molar-refractivity contribution < 1.29 is 14.3 Å². The molecule has 1 heterocycles. The van der Waals surface area contributed by atoms with E-state index in [0.29, 0.717) is 19.8 Å². The molecule has 0 atom stereocenters. The third-order valence-corrected chi connectivity index (χ3v) is 4.64. The van der Waals surface area contributed by atoms with Gasteiger partial charge in [0.25, 0.3) is 0 Å². The van der Waals surface area contributed by atoms with Crippen molar-refractivity contribution in [3.05, 3.63) is 34.3 Å². The van der Waals surface area contributed by atoms with Gasteiger partial charge in [0.15, 0.2) is 0 Å². The summed E-state index contributed by atoms with van der Waals surface area (Å²) in [5.74, 6) is -0.555. The van der Waals surface area contributed by atoms with E-state index in [2.05, 4.69) is 38.7 Å². The molecule has 0 aliphatic carbocycles. The van der Waals surface area contributed by atoms with Crippen LogP contribution in [0.15, 0.2) is 28.7 Å². The van der Waals surface area contributed by atoms with E-state index in [4.69, 9.17) is 10.5 Å². The van der Waals surface area contributed by atoms with Crippen molar-refractivity contribution in [1.29, 1.82) is 0 Å². The fourth-order valence-electron chi connectivity index (χ4n) is 2.73. The van der Waals surface area contributed by atoms with Gasteiger partial charge in [0.2, 0.25) is 11.8 Å². The van der Waals surface area contributed by atoms with Gasteiger partial charge in [0, 0.05) is 29.6 Å². The van der Waals surface area contributed by atoms with Gasteiger partial charge in [-0.15, -0.1) is 0 Å². The summed E-state index contributed by atoms with van der Waals surface area (Å²) in [6, 6.07) is 8.16. The Morgan fingerprint density at radius 1 is 1.22 bits per heavy atom. The highest BCUT2D eigenvalue weighted by molar-refractivity contribution is 9.10. The first kappa shape index (κ1) is 17.9. The van der Waals surface area contributed by atoms with Gasteiger partial charge in [-0.05, 0) is 30.5 Å². The van der Waals surface area contributed by atoms with Crippen LogP contribution in [0.1, 0.15) is 18.4 Å². The Labute approximate surface area is 144 Å². The first-order valence-corrected chi connectivity index (χ1v) is 8.42. The largest absolute Gasteiger partial charge is 0.381 e. The molecule has 1 aromatic carbocycles. The maximum absolute atomic E-state index is 11.9. The molecule has 0 spiro atoms. The van der Waals surface area contributed by atoms with E-state index in [1.165, 1.54) is 5.56 Å². The standard InChI is InChI=1S/C16H22BrN3O3/c17-13-3-1-2-12(8-13)16(4-6-23-7-5-16)11-20-15(22)10-19-14(21)9-18/h1-3,8H,4-7,9-11,18H2,(H,19,21)(H,20,22). The van der Waals surface area contributed by atoms with Crippen LogP contribution in [0, 0.1) is 0 Å². The van der Waals surface area contributed by atoms with Crippen LogP contribution < -0.4 is 16.4 Å². The van der Waals surface area contributed by atoms with Crippen LogP contribution in [0.4, 0.5) is 0 Å². The second-order valence-electron chi connectivity index (χ2n) is 5.66. The fourth-order valence-corrected chi connectivity index (χ4v) is 3.13. The van der Waals surface area contributed by atoms with Gasteiger partial charge in [0.05, 0.1) is 13.1 Å². The lowest BCUT2D eigenvalue weighted by Gasteiger charge is -2.38. The predicted octanol–water partition coefficient (Wildman–Crippen LogP) is 0.688. The summed E-state index contributed by atoms with van der Waals surface area (Å²) >= 11 is 3.50. The molecule has 1 fully saturated rings. The number of ether oxygens (including phenoxy) is 1. The lowest BCUT2D eigenvalue weighted by molar-refractivity contribution is -0.125. The summed E-state index contributed by atoms with van der Waals surface area (Å²) in [5, 5.41) is 5.40. The number of halogens is 1. The van der Waals surface area contributed by atoms with Crippen molar-refractivity contribution in [2.24, 2.45) is 5.73 Å². The molecule has 1 aliphatic heterocycles. The molecule has 6 nitrogen and oxygen atoms in total. The molecule has 4 N–H and O–H groups in total. The van der Waals surface area contributed by atoms with Gasteiger partial charge < -0.3 is 21.1 Å². The van der Waals surface area contributed by atoms with E-state index in [1.54, 1.807) is 0 Å². The number of carbonyl (C=O) groups is 2. The van der Waals surface area contributed by atoms with Crippen LogP contribution in [0.2, 0.25) is 0 Å². The normalized spacial score (nSPS) is 16.6. The SMILES string of the molecule is NCC(=O)NCC(=O)NCC1(c2cccc(Br)c2)CCOCC1. The maximum atomic E-state index is 11.9. The Kier molecular flexibility index (Phi) is 6.56. The zero-order chi connectivity index (χ0) is 16.7. The van der Waals surface area contributed by atoms with Crippen molar-refractivity contribution in [2.75, 3.05) is 32.8 Å². The maximum Gasteiger partial charge on any atom is 0.239 e. The first-order valence-electron chi connectivity index (χ1n) is 7.63. The Balaban J connectivity index is 2.02. The molecule has 0 unspecified atom stereocenters. The zero-order valence-electron chi connectivity index (χ0n) is 12.9. The van der Waals surface area contributed by atoms with Crippen molar-refractivity contribution in [3.8, 4) is 0 Å². The second kappa shape index (κ2) is 8.42. The van der Waals surface area contributed by atoms with E-state index < -0.39 is 0 Å². The number of nitrogens with two attached hydrogens (primary N) is 1. The predicted molar refractivity (Wildman–Crippen MR) is 90.9 cm³/mol. The van der Waals surface area contributed by atoms with E-state index >= 15 is 0 Å². The van der Waals surface area contributed by atoms with E-state index in [1.807, 2.05) is 12.1 Å². The second-order valence-corrected chi connectivity index (χ2v) is 6.58. The Bertz CT molecular complexity index is 559. The van der Waals surface area contributed by atoms with Crippen molar-refractivity contribution >= 4 is 27.7 Å². The van der Waals surface area contributed by atoms with Gasteiger partial charge in [0.1, 0.15) is 0 Å². The minimum absolute atomic E-state index is 0.0545. The third-order valence-electron chi connectivity index (χ3n) is 4.14. The lowest BCUT2D eigenvalue weighted by atomic mass is 9.74. The highest BCUT2D eigenvalue weighted by atomic mass is 79.9. The van der Waals surface area contributed by atoms with Crippen molar-refractivity contribution in [1.82, 2.24) is 10.6 Å². The minimum Gasteiger partial charge on any atom is -0.381 e. The molecule has 0 saturated carbocycles. The molecule has 23 heavy (non-hydrogen) atoms. The average molecular weight is 384 g/mol. The fraction of sp³-hybridized carbons (Fsp3) is 0.500. The minimum atomic E-state index is -0.340. The molecule has 2 rings (SSSR count). The molecular weight excluding hydrogens is 362 g/mol. The van der Waals surface area contributed by atoms with E-state index in [-0.39, 0.29) is 30.3 Å². The number of rotatable bonds is 6. The molecule has 1 aliphatic rings. The average Bonchev–Trinajstić information content (AvgIpc) is 2.58. The summed E-state index contributed by atoms with van der Waals surface area (Å²) in [4.78, 5) is 23.0. The van der Waals surface area contributed by atoms with Crippen LogP contribution in [-0.4, -0.2) is 44.7 Å².